The Hall–Kier alpha value is -1.30. The second-order valence-corrected chi connectivity index (χ2v) is 8.16. The Morgan fingerprint density at radius 3 is 2.60 bits per heavy atom. The lowest BCUT2D eigenvalue weighted by Gasteiger charge is -2.19. The Morgan fingerprint density at radius 1 is 1.50 bits per heavy atom. The van der Waals surface area contributed by atoms with Gasteiger partial charge in [-0.3, -0.25) is 4.79 Å². The highest BCUT2D eigenvalue weighted by atomic mass is 32.2. The Morgan fingerprint density at radius 2 is 2.10 bits per heavy atom. The van der Waals surface area contributed by atoms with Gasteiger partial charge in [0.05, 0.1) is 6.54 Å². The van der Waals surface area contributed by atoms with Crippen molar-refractivity contribution in [2.45, 2.75) is 38.0 Å². The molecule has 0 aliphatic heterocycles. The highest BCUT2D eigenvalue weighted by Gasteiger charge is 2.36. The highest BCUT2D eigenvalue weighted by molar-refractivity contribution is 7.92. The molecule has 20 heavy (non-hydrogen) atoms. The van der Waals surface area contributed by atoms with Gasteiger partial charge in [0.25, 0.3) is 0 Å². The third kappa shape index (κ3) is 3.23. The first-order valence-corrected chi connectivity index (χ1v) is 8.68. The minimum absolute atomic E-state index is 0.291. The average Bonchev–Trinajstić information content (AvgIpc) is 2.89. The van der Waals surface area contributed by atoms with Gasteiger partial charge in [-0.05, 0) is 31.4 Å². The average molecular weight is 299 g/mol. The summed E-state index contributed by atoms with van der Waals surface area (Å²) in [7, 11) is -1.78. The molecule has 1 aliphatic rings. The molecule has 0 bridgehead atoms. The number of sulfone groups is 1. The van der Waals surface area contributed by atoms with E-state index in [2.05, 4.69) is 6.92 Å². The van der Waals surface area contributed by atoms with Gasteiger partial charge < -0.3 is 9.32 Å². The predicted octanol–water partition coefficient (Wildman–Crippen LogP) is 1.79. The van der Waals surface area contributed by atoms with Gasteiger partial charge in [-0.25, -0.2) is 8.42 Å². The van der Waals surface area contributed by atoms with E-state index in [0.29, 0.717) is 24.1 Å². The molecule has 0 spiro atoms. The van der Waals surface area contributed by atoms with Gasteiger partial charge in [0.1, 0.15) is 16.8 Å². The molecule has 2 rings (SSSR count). The van der Waals surface area contributed by atoms with Gasteiger partial charge >= 0.3 is 0 Å². The summed E-state index contributed by atoms with van der Waals surface area (Å²) in [5.74, 6) is 2.41. The molecule has 1 fully saturated rings. The van der Waals surface area contributed by atoms with Crippen LogP contribution in [0.15, 0.2) is 16.5 Å². The van der Waals surface area contributed by atoms with Crippen molar-refractivity contribution in [1.29, 1.82) is 0 Å². The van der Waals surface area contributed by atoms with Crippen molar-refractivity contribution in [3.8, 4) is 0 Å². The molecule has 1 aromatic rings. The van der Waals surface area contributed by atoms with Crippen LogP contribution in [0.3, 0.4) is 0 Å². The number of nitrogens with zero attached hydrogens (tertiary/aromatic N) is 1. The van der Waals surface area contributed by atoms with Crippen LogP contribution in [-0.2, 0) is 21.2 Å². The van der Waals surface area contributed by atoms with Crippen molar-refractivity contribution in [3.63, 3.8) is 0 Å². The number of carbonyl (C=O) groups is 1. The zero-order chi connectivity index (χ0) is 15.1. The summed E-state index contributed by atoms with van der Waals surface area (Å²) >= 11 is 0. The monoisotopic (exact) mass is 299 g/mol. The van der Waals surface area contributed by atoms with E-state index in [1.807, 2.05) is 12.1 Å². The lowest BCUT2D eigenvalue weighted by molar-refractivity contribution is -0.129. The smallest absolute Gasteiger partial charge is 0.240 e. The van der Waals surface area contributed by atoms with Crippen LogP contribution in [0, 0.1) is 5.92 Å². The molecule has 1 aromatic heterocycles. The molecule has 1 heterocycles. The quantitative estimate of drug-likeness (QED) is 0.831. The first kappa shape index (κ1) is 15.1. The number of amides is 1. The summed E-state index contributed by atoms with van der Waals surface area (Å²) in [6.07, 6.45) is 2.22. The van der Waals surface area contributed by atoms with Gasteiger partial charge in [-0.15, -0.1) is 0 Å². The van der Waals surface area contributed by atoms with Gasteiger partial charge in [0.2, 0.25) is 5.91 Å². The lowest BCUT2D eigenvalue weighted by atomic mass is 10.3. The molecule has 1 saturated carbocycles. The molecule has 0 aromatic carbocycles. The van der Waals surface area contributed by atoms with Gasteiger partial charge in [-0.1, -0.05) is 6.92 Å². The second-order valence-electron chi connectivity index (χ2n) is 5.79. The van der Waals surface area contributed by atoms with E-state index in [1.54, 1.807) is 7.05 Å². The maximum absolute atomic E-state index is 12.0. The first-order valence-electron chi connectivity index (χ1n) is 6.72. The second kappa shape index (κ2) is 5.24. The van der Waals surface area contributed by atoms with Gasteiger partial charge in [0.15, 0.2) is 9.84 Å². The molecule has 6 heteroatoms. The summed E-state index contributed by atoms with van der Waals surface area (Å²) in [5, 5.41) is -1.02. The summed E-state index contributed by atoms with van der Waals surface area (Å²) in [4.78, 5) is 13.4. The summed E-state index contributed by atoms with van der Waals surface area (Å²) < 4.78 is 28.5. The topological polar surface area (TPSA) is 67.6 Å². The van der Waals surface area contributed by atoms with Crippen LogP contribution < -0.4 is 0 Å². The summed E-state index contributed by atoms with van der Waals surface area (Å²) in [6, 6.07) is 3.80. The Kier molecular flexibility index (Phi) is 3.95. The fourth-order valence-corrected chi connectivity index (χ4v) is 2.75. The fourth-order valence-electron chi connectivity index (χ4n) is 2.20. The number of rotatable bonds is 5. The zero-order valence-corrected chi connectivity index (χ0v) is 13.1. The number of furan rings is 1. The van der Waals surface area contributed by atoms with Crippen LogP contribution in [0.2, 0.25) is 0 Å². The van der Waals surface area contributed by atoms with Crippen molar-refractivity contribution in [1.82, 2.24) is 4.90 Å². The largest absolute Gasteiger partial charge is 0.464 e. The van der Waals surface area contributed by atoms with E-state index in [4.69, 9.17) is 4.42 Å². The first-order chi connectivity index (χ1) is 9.20. The predicted molar refractivity (Wildman–Crippen MR) is 76.0 cm³/mol. The molecule has 3 unspecified atom stereocenters. The standard InChI is InChI=1S/C14H21NO4S/c1-9-7-12(9)13-6-5-11(19-13)8-15(3)14(16)10(2)20(4,17)18/h5-6,9-10,12H,7-8H2,1-4H3. The minimum Gasteiger partial charge on any atom is -0.464 e. The Labute approximate surface area is 119 Å². The molecule has 5 nitrogen and oxygen atoms in total. The van der Waals surface area contributed by atoms with E-state index in [9.17, 15) is 13.2 Å². The molecule has 0 saturated heterocycles. The molecule has 0 N–H and O–H groups in total. The van der Waals surface area contributed by atoms with E-state index in [1.165, 1.54) is 11.8 Å². The van der Waals surface area contributed by atoms with Crippen molar-refractivity contribution in [2.24, 2.45) is 5.92 Å². The van der Waals surface area contributed by atoms with Crippen LogP contribution in [0.5, 0.6) is 0 Å². The SMILES string of the molecule is CC1CC1c1ccc(CN(C)C(=O)C(C)S(C)(=O)=O)o1. The van der Waals surface area contributed by atoms with Crippen LogP contribution in [0.4, 0.5) is 0 Å². The molecule has 3 atom stereocenters. The van der Waals surface area contributed by atoms with Crippen molar-refractivity contribution >= 4 is 15.7 Å². The Balaban J connectivity index is 1.99. The zero-order valence-electron chi connectivity index (χ0n) is 12.3. The number of hydrogen-bond donors (Lipinski definition) is 0. The van der Waals surface area contributed by atoms with E-state index < -0.39 is 21.0 Å². The molecule has 1 aliphatic carbocycles. The highest BCUT2D eigenvalue weighted by Crippen LogP contribution is 2.47. The normalized spacial score (nSPS) is 23.4. The molecule has 0 radical (unpaired) electrons. The fraction of sp³-hybridized carbons (Fsp3) is 0.643. The number of carbonyl (C=O) groups excluding carboxylic acids is 1. The van der Waals surface area contributed by atoms with Crippen molar-refractivity contribution in [2.75, 3.05) is 13.3 Å². The third-order valence-electron chi connectivity index (χ3n) is 3.92. The van der Waals surface area contributed by atoms with Crippen LogP contribution in [0.1, 0.15) is 37.7 Å². The summed E-state index contributed by atoms with van der Waals surface area (Å²) in [5.41, 5.74) is 0. The van der Waals surface area contributed by atoms with Crippen LogP contribution >= 0.6 is 0 Å². The van der Waals surface area contributed by atoms with Gasteiger partial charge in [-0.2, -0.15) is 0 Å². The Bertz CT molecular complexity index is 604. The third-order valence-corrected chi connectivity index (χ3v) is 5.40. The molecular weight excluding hydrogens is 278 g/mol. The van der Waals surface area contributed by atoms with Crippen molar-refractivity contribution in [3.05, 3.63) is 23.7 Å². The van der Waals surface area contributed by atoms with E-state index in [0.717, 1.165) is 18.4 Å². The van der Waals surface area contributed by atoms with Crippen LogP contribution in [0.25, 0.3) is 0 Å². The lowest BCUT2D eigenvalue weighted by Crippen LogP contribution is -2.38. The maximum Gasteiger partial charge on any atom is 0.240 e. The van der Waals surface area contributed by atoms with E-state index >= 15 is 0 Å². The minimum atomic E-state index is -3.37. The molecular formula is C14H21NO4S. The maximum atomic E-state index is 12.0. The van der Waals surface area contributed by atoms with E-state index in [-0.39, 0.29) is 0 Å². The van der Waals surface area contributed by atoms with Crippen LogP contribution in [-0.4, -0.2) is 37.8 Å². The molecule has 1 amide bonds. The van der Waals surface area contributed by atoms with Gasteiger partial charge in [0, 0.05) is 19.2 Å². The number of hydrogen-bond acceptors (Lipinski definition) is 4. The molecule has 112 valence electrons. The van der Waals surface area contributed by atoms with Crippen molar-refractivity contribution < 1.29 is 17.6 Å². The summed E-state index contributed by atoms with van der Waals surface area (Å²) in [6.45, 7) is 3.88.